The summed E-state index contributed by atoms with van der Waals surface area (Å²) in [4.78, 5) is 0. The summed E-state index contributed by atoms with van der Waals surface area (Å²) < 4.78 is 0. The first-order valence-corrected chi connectivity index (χ1v) is 18.0. The van der Waals surface area contributed by atoms with Gasteiger partial charge in [-0.25, -0.2) is 0 Å². The van der Waals surface area contributed by atoms with E-state index in [1.54, 1.807) is 0 Å². The van der Waals surface area contributed by atoms with E-state index in [0.29, 0.717) is 0 Å². The molecule has 0 heterocycles. The molecule has 0 atom stereocenters. The van der Waals surface area contributed by atoms with Crippen molar-refractivity contribution in [3.63, 3.8) is 0 Å². The Labute approximate surface area is 297 Å². The summed E-state index contributed by atoms with van der Waals surface area (Å²) in [5, 5.41) is 15.4. The third kappa shape index (κ3) is 4.02. The van der Waals surface area contributed by atoms with Gasteiger partial charge in [0.1, 0.15) is 0 Å². The second-order valence-corrected chi connectivity index (χ2v) is 14.9. The number of fused-ring (bicyclic) bond motifs is 10. The summed E-state index contributed by atoms with van der Waals surface area (Å²) in [5.41, 5.74) is 10.6. The van der Waals surface area contributed by atoms with Crippen molar-refractivity contribution in [2.24, 2.45) is 0 Å². The largest absolute Gasteiger partial charge is 0.0616 e. The predicted octanol–water partition coefficient (Wildman–Crippen LogP) is 14.2. The Bertz CT molecular complexity index is 3050. The minimum atomic E-state index is -0.0634. The van der Waals surface area contributed by atoms with Crippen LogP contribution in [0.15, 0.2) is 170 Å². The second-order valence-electron chi connectivity index (χ2n) is 14.9. The molecule has 0 aliphatic heterocycles. The lowest BCUT2D eigenvalue weighted by atomic mass is 9.81. The van der Waals surface area contributed by atoms with E-state index < -0.39 is 0 Å². The summed E-state index contributed by atoms with van der Waals surface area (Å²) in [7, 11) is 0. The van der Waals surface area contributed by atoms with Crippen LogP contribution in [0.1, 0.15) is 25.0 Å². The molecule has 1 aliphatic rings. The number of hydrogen-bond donors (Lipinski definition) is 0. The number of benzene rings is 10. The standard InChI is InChI=1S/C51H34/c1-51(2)47-25-23-36(29-45(47)46-28-33-14-5-6-15-34(33)30-48(46)51)49-40-16-7-9-18-42(40)50(43-19-10-8-17-41(43)49)39-21-11-20-37-38(39)24-22-35-26-31-12-3-4-13-32(31)27-44(35)37/h3-30H,1-2H3. The fraction of sp³-hybridized carbons (Fsp3) is 0.0588. The Morgan fingerprint density at radius 2 is 0.843 bits per heavy atom. The summed E-state index contributed by atoms with van der Waals surface area (Å²) in [6, 6.07) is 63.8. The molecule has 10 aromatic carbocycles. The van der Waals surface area contributed by atoms with Crippen molar-refractivity contribution in [3.05, 3.63) is 181 Å². The third-order valence-corrected chi connectivity index (χ3v) is 11.8. The molecule has 0 heteroatoms. The normalized spacial score (nSPS) is 13.5. The van der Waals surface area contributed by atoms with E-state index in [9.17, 15) is 0 Å². The highest BCUT2D eigenvalue weighted by Crippen LogP contribution is 2.52. The van der Waals surface area contributed by atoms with Crippen LogP contribution in [0.2, 0.25) is 0 Å². The molecular weight excluding hydrogens is 613 g/mol. The molecule has 0 radical (unpaired) electrons. The van der Waals surface area contributed by atoms with E-state index in [1.165, 1.54) is 109 Å². The molecule has 1 aliphatic carbocycles. The lowest BCUT2D eigenvalue weighted by molar-refractivity contribution is 0.661. The zero-order chi connectivity index (χ0) is 33.8. The van der Waals surface area contributed by atoms with Crippen molar-refractivity contribution >= 4 is 64.6 Å². The Balaban J connectivity index is 1.19. The zero-order valence-electron chi connectivity index (χ0n) is 28.7. The van der Waals surface area contributed by atoms with Crippen molar-refractivity contribution in [1.29, 1.82) is 0 Å². The maximum absolute atomic E-state index is 2.47. The highest BCUT2D eigenvalue weighted by molar-refractivity contribution is 6.25. The molecule has 0 nitrogen and oxygen atoms in total. The molecular formula is C51H34. The van der Waals surface area contributed by atoms with Gasteiger partial charge in [0.2, 0.25) is 0 Å². The number of rotatable bonds is 2. The van der Waals surface area contributed by atoms with E-state index in [0.717, 1.165) is 0 Å². The van der Waals surface area contributed by atoms with Crippen molar-refractivity contribution < 1.29 is 0 Å². The first kappa shape index (κ1) is 28.6. The average Bonchev–Trinajstić information content (AvgIpc) is 3.39. The molecule has 0 fully saturated rings. The Morgan fingerprint density at radius 1 is 0.294 bits per heavy atom. The lowest BCUT2D eigenvalue weighted by Crippen LogP contribution is -2.14. The number of hydrogen-bond acceptors (Lipinski definition) is 0. The third-order valence-electron chi connectivity index (χ3n) is 11.8. The molecule has 10 aromatic rings. The van der Waals surface area contributed by atoms with E-state index in [1.807, 2.05) is 0 Å². The van der Waals surface area contributed by atoms with Crippen LogP contribution in [0, 0.1) is 0 Å². The maximum Gasteiger partial charge on any atom is 0.0159 e. The molecule has 238 valence electrons. The van der Waals surface area contributed by atoms with Gasteiger partial charge >= 0.3 is 0 Å². The molecule has 0 N–H and O–H groups in total. The van der Waals surface area contributed by atoms with Crippen molar-refractivity contribution in [2.45, 2.75) is 19.3 Å². The quantitative estimate of drug-likeness (QED) is 0.129. The van der Waals surface area contributed by atoms with Gasteiger partial charge in [-0.2, -0.15) is 0 Å². The van der Waals surface area contributed by atoms with Crippen LogP contribution in [0.5, 0.6) is 0 Å². The van der Waals surface area contributed by atoms with E-state index in [2.05, 4.69) is 184 Å². The SMILES string of the molecule is CC1(C)c2ccc(-c3c4ccccc4c(-c4cccc5c4ccc4cc6ccccc6cc45)c4ccccc34)cc2-c2cc3ccccc3cc21. The van der Waals surface area contributed by atoms with Crippen molar-refractivity contribution in [3.8, 4) is 33.4 Å². The first-order valence-electron chi connectivity index (χ1n) is 18.0. The molecule has 0 bridgehead atoms. The van der Waals surface area contributed by atoms with Gasteiger partial charge in [-0.3, -0.25) is 0 Å². The maximum atomic E-state index is 2.47. The van der Waals surface area contributed by atoms with Gasteiger partial charge in [-0.15, -0.1) is 0 Å². The minimum absolute atomic E-state index is 0.0634. The second kappa shape index (κ2) is 10.4. The minimum Gasteiger partial charge on any atom is -0.0616 e. The van der Waals surface area contributed by atoms with E-state index in [-0.39, 0.29) is 5.41 Å². The molecule has 0 unspecified atom stereocenters. The van der Waals surface area contributed by atoms with Gasteiger partial charge in [-0.05, 0) is 139 Å². The van der Waals surface area contributed by atoms with Gasteiger partial charge in [0.05, 0.1) is 0 Å². The first-order chi connectivity index (χ1) is 25.0. The van der Waals surface area contributed by atoms with Crippen molar-refractivity contribution in [2.75, 3.05) is 0 Å². The topological polar surface area (TPSA) is 0 Å². The average molecular weight is 647 g/mol. The molecule has 51 heavy (non-hydrogen) atoms. The van der Waals surface area contributed by atoms with Gasteiger partial charge < -0.3 is 0 Å². The van der Waals surface area contributed by atoms with Crippen LogP contribution >= 0.6 is 0 Å². The summed E-state index contributed by atoms with van der Waals surface area (Å²) >= 11 is 0. The Morgan fingerprint density at radius 3 is 1.53 bits per heavy atom. The van der Waals surface area contributed by atoms with Crippen LogP contribution < -0.4 is 0 Å². The van der Waals surface area contributed by atoms with Crippen LogP contribution in [-0.2, 0) is 5.41 Å². The van der Waals surface area contributed by atoms with Crippen LogP contribution in [0.3, 0.4) is 0 Å². The van der Waals surface area contributed by atoms with E-state index >= 15 is 0 Å². The summed E-state index contributed by atoms with van der Waals surface area (Å²) in [6.07, 6.45) is 0. The van der Waals surface area contributed by atoms with Crippen LogP contribution in [0.25, 0.3) is 98.0 Å². The Kier molecular flexibility index (Phi) is 5.82. The fourth-order valence-corrected chi connectivity index (χ4v) is 9.32. The molecule has 0 spiro atoms. The monoisotopic (exact) mass is 646 g/mol. The summed E-state index contributed by atoms with van der Waals surface area (Å²) in [6.45, 7) is 4.75. The fourth-order valence-electron chi connectivity index (χ4n) is 9.32. The van der Waals surface area contributed by atoms with Crippen molar-refractivity contribution in [1.82, 2.24) is 0 Å². The molecule has 0 amide bonds. The smallest absolute Gasteiger partial charge is 0.0159 e. The van der Waals surface area contributed by atoms with Gasteiger partial charge in [0.25, 0.3) is 0 Å². The van der Waals surface area contributed by atoms with Crippen LogP contribution in [0.4, 0.5) is 0 Å². The van der Waals surface area contributed by atoms with Crippen LogP contribution in [-0.4, -0.2) is 0 Å². The molecule has 0 saturated heterocycles. The van der Waals surface area contributed by atoms with Gasteiger partial charge in [-0.1, -0.05) is 153 Å². The highest BCUT2D eigenvalue weighted by Gasteiger charge is 2.36. The lowest BCUT2D eigenvalue weighted by Gasteiger charge is -2.22. The predicted molar refractivity (Wildman–Crippen MR) is 220 cm³/mol. The highest BCUT2D eigenvalue weighted by atomic mass is 14.4. The molecule has 0 saturated carbocycles. The molecule has 11 rings (SSSR count). The Hall–Kier alpha value is -6.24. The zero-order valence-corrected chi connectivity index (χ0v) is 28.7. The van der Waals surface area contributed by atoms with Gasteiger partial charge in [0, 0.05) is 5.41 Å². The molecule has 0 aromatic heterocycles. The summed E-state index contributed by atoms with van der Waals surface area (Å²) in [5.74, 6) is 0. The van der Waals surface area contributed by atoms with E-state index in [4.69, 9.17) is 0 Å². The van der Waals surface area contributed by atoms with Gasteiger partial charge in [0.15, 0.2) is 0 Å².